The van der Waals surface area contributed by atoms with Crippen LogP contribution in [0.25, 0.3) is 0 Å². The number of fused-ring (bicyclic) bond motifs is 1. The number of nitrogens with one attached hydrogen (secondary N) is 1. The van der Waals surface area contributed by atoms with Gasteiger partial charge >= 0.3 is 5.97 Å². The lowest BCUT2D eigenvalue weighted by Crippen LogP contribution is -2.38. The van der Waals surface area contributed by atoms with Gasteiger partial charge in [-0.15, -0.1) is 6.58 Å². The maximum atomic E-state index is 11.5. The van der Waals surface area contributed by atoms with Crippen molar-refractivity contribution < 1.29 is 14.7 Å². The van der Waals surface area contributed by atoms with Crippen molar-refractivity contribution in [3.8, 4) is 0 Å². The Morgan fingerprint density at radius 2 is 2.35 bits per heavy atom. The first-order chi connectivity index (χ1) is 8.13. The van der Waals surface area contributed by atoms with Crippen LogP contribution in [0.1, 0.15) is 10.4 Å². The van der Waals surface area contributed by atoms with Gasteiger partial charge in [0.15, 0.2) is 0 Å². The number of carbonyl (C=O) groups is 2. The zero-order valence-electron chi connectivity index (χ0n) is 9.14. The molecule has 1 aromatic carbocycles. The highest BCUT2D eigenvalue weighted by atomic mass is 16.4. The van der Waals surface area contributed by atoms with E-state index in [0.717, 1.165) is 0 Å². The molecule has 5 heteroatoms. The highest BCUT2D eigenvalue weighted by molar-refractivity contribution is 6.08. The number of anilines is 2. The van der Waals surface area contributed by atoms with Gasteiger partial charge in [0.2, 0.25) is 5.91 Å². The molecule has 2 rings (SSSR count). The van der Waals surface area contributed by atoms with E-state index < -0.39 is 5.97 Å². The third-order valence-electron chi connectivity index (χ3n) is 2.56. The van der Waals surface area contributed by atoms with E-state index in [1.54, 1.807) is 23.1 Å². The molecule has 1 aromatic rings. The molecule has 17 heavy (non-hydrogen) atoms. The summed E-state index contributed by atoms with van der Waals surface area (Å²) in [7, 11) is 0. The second-order valence-electron chi connectivity index (χ2n) is 3.72. The summed E-state index contributed by atoms with van der Waals surface area (Å²) < 4.78 is 0. The van der Waals surface area contributed by atoms with Crippen LogP contribution in [0.5, 0.6) is 0 Å². The molecular formula is C12H12N2O3. The number of rotatable bonds is 3. The summed E-state index contributed by atoms with van der Waals surface area (Å²) in [5.41, 5.74) is 1.17. The van der Waals surface area contributed by atoms with Crippen molar-refractivity contribution in [2.75, 3.05) is 23.3 Å². The Morgan fingerprint density at radius 1 is 1.59 bits per heavy atom. The molecule has 1 amide bonds. The quantitative estimate of drug-likeness (QED) is 0.771. The fraction of sp³-hybridized carbons (Fsp3) is 0.167. The molecule has 0 saturated heterocycles. The second-order valence-corrected chi connectivity index (χ2v) is 3.72. The number of carboxylic acid groups (broad SMARTS) is 1. The van der Waals surface area contributed by atoms with E-state index in [0.29, 0.717) is 17.9 Å². The monoisotopic (exact) mass is 232 g/mol. The van der Waals surface area contributed by atoms with Crippen LogP contribution in [0.4, 0.5) is 11.4 Å². The molecule has 88 valence electrons. The van der Waals surface area contributed by atoms with Gasteiger partial charge in [-0.05, 0) is 12.1 Å². The van der Waals surface area contributed by atoms with Crippen molar-refractivity contribution >= 4 is 23.3 Å². The van der Waals surface area contributed by atoms with E-state index in [-0.39, 0.29) is 18.0 Å². The average Bonchev–Trinajstić information content (AvgIpc) is 2.28. The Morgan fingerprint density at radius 3 is 3.00 bits per heavy atom. The van der Waals surface area contributed by atoms with Crippen molar-refractivity contribution in [1.82, 2.24) is 0 Å². The lowest BCUT2D eigenvalue weighted by atomic mass is 10.1. The van der Waals surface area contributed by atoms with Crippen LogP contribution < -0.4 is 10.2 Å². The van der Waals surface area contributed by atoms with Gasteiger partial charge in [0.05, 0.1) is 23.5 Å². The van der Waals surface area contributed by atoms with Gasteiger partial charge in [0.1, 0.15) is 0 Å². The Hall–Kier alpha value is -2.30. The smallest absolute Gasteiger partial charge is 0.337 e. The van der Waals surface area contributed by atoms with E-state index in [1.807, 2.05) is 0 Å². The molecule has 0 unspecified atom stereocenters. The van der Waals surface area contributed by atoms with E-state index >= 15 is 0 Å². The maximum absolute atomic E-state index is 11.5. The fourth-order valence-electron chi connectivity index (χ4n) is 1.87. The van der Waals surface area contributed by atoms with Crippen molar-refractivity contribution in [2.45, 2.75) is 0 Å². The Bertz CT molecular complexity index is 497. The van der Waals surface area contributed by atoms with Crippen LogP contribution in [0.15, 0.2) is 30.9 Å². The minimum atomic E-state index is -1.05. The SMILES string of the molecule is C=CCN1CC(=O)Nc2c(C(=O)O)cccc21. The van der Waals surface area contributed by atoms with Crippen LogP contribution in [-0.4, -0.2) is 30.1 Å². The molecule has 0 saturated carbocycles. The lowest BCUT2D eigenvalue weighted by Gasteiger charge is -2.30. The van der Waals surface area contributed by atoms with Crippen LogP contribution >= 0.6 is 0 Å². The largest absolute Gasteiger partial charge is 0.478 e. The average molecular weight is 232 g/mol. The number of carboxylic acids is 1. The third-order valence-corrected chi connectivity index (χ3v) is 2.56. The second kappa shape index (κ2) is 4.29. The van der Waals surface area contributed by atoms with E-state index in [9.17, 15) is 9.59 Å². The highest BCUT2D eigenvalue weighted by Gasteiger charge is 2.25. The minimum Gasteiger partial charge on any atom is -0.478 e. The molecular weight excluding hydrogens is 220 g/mol. The van der Waals surface area contributed by atoms with Crippen molar-refractivity contribution in [1.29, 1.82) is 0 Å². The van der Waals surface area contributed by atoms with Gasteiger partial charge in [-0.25, -0.2) is 4.79 Å². The molecule has 0 atom stereocenters. The van der Waals surface area contributed by atoms with Gasteiger partial charge in [-0.1, -0.05) is 12.1 Å². The van der Waals surface area contributed by atoms with E-state index in [1.165, 1.54) is 6.07 Å². The Kier molecular flexibility index (Phi) is 2.82. The lowest BCUT2D eigenvalue weighted by molar-refractivity contribution is -0.115. The Balaban J connectivity index is 2.53. The van der Waals surface area contributed by atoms with Crippen LogP contribution in [-0.2, 0) is 4.79 Å². The van der Waals surface area contributed by atoms with E-state index in [4.69, 9.17) is 5.11 Å². The molecule has 2 N–H and O–H groups in total. The standard InChI is InChI=1S/C12H12N2O3/c1-2-6-14-7-10(15)13-11-8(12(16)17)4-3-5-9(11)14/h2-5H,1,6-7H2,(H,13,15)(H,16,17). The molecule has 0 spiro atoms. The van der Waals surface area contributed by atoms with Crippen molar-refractivity contribution in [3.05, 3.63) is 36.4 Å². The summed E-state index contributed by atoms with van der Waals surface area (Å²) in [4.78, 5) is 24.3. The summed E-state index contributed by atoms with van der Waals surface area (Å²) in [6.45, 7) is 4.33. The summed E-state index contributed by atoms with van der Waals surface area (Å²) in [6.07, 6.45) is 1.68. The third kappa shape index (κ3) is 1.99. The normalized spacial score (nSPS) is 13.9. The predicted molar refractivity (Wildman–Crippen MR) is 64.4 cm³/mol. The number of nitrogens with zero attached hydrogens (tertiary/aromatic N) is 1. The fourth-order valence-corrected chi connectivity index (χ4v) is 1.87. The number of aromatic carboxylic acids is 1. The molecule has 1 heterocycles. The van der Waals surface area contributed by atoms with Gasteiger partial charge in [0.25, 0.3) is 0 Å². The first-order valence-corrected chi connectivity index (χ1v) is 5.15. The Labute approximate surface area is 98.4 Å². The highest BCUT2D eigenvalue weighted by Crippen LogP contribution is 2.32. The number of amides is 1. The summed E-state index contributed by atoms with van der Waals surface area (Å²) >= 11 is 0. The van der Waals surface area contributed by atoms with E-state index in [2.05, 4.69) is 11.9 Å². The molecule has 5 nitrogen and oxygen atoms in total. The molecule has 1 aliphatic rings. The molecule has 1 aliphatic heterocycles. The number of para-hydroxylation sites is 1. The first kappa shape index (κ1) is 11.2. The number of hydrogen-bond donors (Lipinski definition) is 2. The maximum Gasteiger partial charge on any atom is 0.337 e. The minimum absolute atomic E-state index is 0.101. The predicted octanol–water partition coefficient (Wildman–Crippen LogP) is 1.33. The van der Waals surface area contributed by atoms with Crippen LogP contribution in [0.3, 0.4) is 0 Å². The molecule has 0 bridgehead atoms. The molecule has 0 aliphatic carbocycles. The summed E-state index contributed by atoms with van der Waals surface area (Å²) in [5.74, 6) is -1.27. The number of benzene rings is 1. The molecule has 0 aromatic heterocycles. The van der Waals surface area contributed by atoms with Gasteiger partial charge in [-0.3, -0.25) is 4.79 Å². The first-order valence-electron chi connectivity index (χ1n) is 5.15. The van der Waals surface area contributed by atoms with Crippen LogP contribution in [0, 0.1) is 0 Å². The zero-order valence-corrected chi connectivity index (χ0v) is 9.14. The van der Waals surface area contributed by atoms with Crippen LogP contribution in [0.2, 0.25) is 0 Å². The topological polar surface area (TPSA) is 69.6 Å². The number of carbonyl (C=O) groups excluding carboxylic acids is 1. The number of hydrogen-bond acceptors (Lipinski definition) is 3. The van der Waals surface area contributed by atoms with Crippen molar-refractivity contribution in [2.24, 2.45) is 0 Å². The summed E-state index contributed by atoms with van der Waals surface area (Å²) in [6, 6.07) is 4.92. The van der Waals surface area contributed by atoms with Crippen molar-refractivity contribution in [3.63, 3.8) is 0 Å². The van der Waals surface area contributed by atoms with Gasteiger partial charge in [-0.2, -0.15) is 0 Å². The zero-order chi connectivity index (χ0) is 12.4. The molecule has 0 fully saturated rings. The molecule has 0 radical (unpaired) electrons. The van der Waals surface area contributed by atoms with Gasteiger partial charge in [0, 0.05) is 6.54 Å². The summed E-state index contributed by atoms with van der Waals surface area (Å²) in [5, 5.41) is 11.7. The van der Waals surface area contributed by atoms with Gasteiger partial charge < -0.3 is 15.3 Å².